The zero-order valence-electron chi connectivity index (χ0n) is 16.9. The zero-order chi connectivity index (χ0) is 20.1. The van der Waals surface area contributed by atoms with E-state index in [4.69, 9.17) is 4.74 Å². The lowest BCUT2D eigenvalue weighted by Crippen LogP contribution is -2.18. The van der Waals surface area contributed by atoms with Crippen molar-refractivity contribution in [1.82, 2.24) is 4.98 Å². The molecular formula is C24H26N2O2. The fourth-order valence-electron chi connectivity index (χ4n) is 3.30. The van der Waals surface area contributed by atoms with E-state index in [1.165, 1.54) is 0 Å². The zero-order valence-corrected chi connectivity index (χ0v) is 16.9. The molecule has 0 radical (unpaired) electrons. The molecule has 0 aliphatic carbocycles. The highest BCUT2D eigenvalue weighted by molar-refractivity contribution is 6.07. The minimum atomic E-state index is -0.197. The number of pyridine rings is 1. The Morgan fingerprint density at radius 3 is 2.50 bits per heavy atom. The second kappa shape index (κ2) is 8.70. The highest BCUT2D eigenvalue weighted by Gasteiger charge is 2.19. The Morgan fingerprint density at radius 1 is 1.04 bits per heavy atom. The molecule has 28 heavy (non-hydrogen) atoms. The van der Waals surface area contributed by atoms with Crippen LogP contribution in [0.25, 0.3) is 0 Å². The van der Waals surface area contributed by atoms with Crippen LogP contribution in [-0.4, -0.2) is 10.9 Å². The SMILES string of the molecule is CCc1cccc(C)c1NC(=O)c1c(OCc2ccccc2)cc(C)nc1C. The van der Waals surface area contributed by atoms with Crippen LogP contribution >= 0.6 is 0 Å². The number of ether oxygens (including phenoxy) is 1. The Labute approximate surface area is 166 Å². The molecule has 144 valence electrons. The summed E-state index contributed by atoms with van der Waals surface area (Å²) in [6.07, 6.45) is 0.847. The lowest BCUT2D eigenvalue weighted by Gasteiger charge is -2.17. The number of aryl methyl sites for hydroxylation is 4. The quantitative estimate of drug-likeness (QED) is 0.628. The molecule has 0 bridgehead atoms. The Balaban J connectivity index is 1.91. The molecule has 1 N–H and O–H groups in total. The molecule has 4 heteroatoms. The summed E-state index contributed by atoms with van der Waals surface area (Å²) in [7, 11) is 0. The van der Waals surface area contributed by atoms with E-state index < -0.39 is 0 Å². The van der Waals surface area contributed by atoms with E-state index in [9.17, 15) is 4.79 Å². The first-order chi connectivity index (χ1) is 13.5. The molecule has 2 aromatic carbocycles. The lowest BCUT2D eigenvalue weighted by molar-refractivity contribution is 0.102. The van der Waals surface area contributed by atoms with Crippen LogP contribution < -0.4 is 10.1 Å². The number of hydrogen-bond donors (Lipinski definition) is 1. The Bertz CT molecular complexity index is 981. The third kappa shape index (κ3) is 4.39. The molecule has 3 aromatic rings. The molecule has 1 amide bonds. The van der Waals surface area contributed by atoms with Crippen LogP contribution in [0.2, 0.25) is 0 Å². The van der Waals surface area contributed by atoms with Crippen LogP contribution in [0.5, 0.6) is 5.75 Å². The maximum absolute atomic E-state index is 13.2. The van der Waals surface area contributed by atoms with Gasteiger partial charge in [-0.2, -0.15) is 0 Å². The minimum Gasteiger partial charge on any atom is -0.488 e. The van der Waals surface area contributed by atoms with Crippen LogP contribution in [0.15, 0.2) is 54.6 Å². The number of carbonyl (C=O) groups excluding carboxylic acids is 1. The molecule has 0 aliphatic rings. The smallest absolute Gasteiger partial charge is 0.261 e. The van der Waals surface area contributed by atoms with Crippen LogP contribution in [0.1, 0.15) is 45.4 Å². The van der Waals surface area contributed by atoms with Gasteiger partial charge in [-0.1, -0.05) is 55.5 Å². The number of rotatable bonds is 6. The predicted octanol–water partition coefficient (Wildman–Crippen LogP) is 5.40. The number of nitrogens with one attached hydrogen (secondary N) is 1. The van der Waals surface area contributed by atoms with Crippen molar-refractivity contribution in [2.24, 2.45) is 0 Å². The van der Waals surface area contributed by atoms with Crippen molar-refractivity contribution < 1.29 is 9.53 Å². The standard InChI is InChI=1S/C24H26N2O2/c1-5-20-13-9-10-16(2)23(20)26-24(27)22-18(4)25-17(3)14-21(22)28-15-19-11-7-6-8-12-19/h6-14H,5,15H2,1-4H3,(H,26,27). The molecule has 0 unspecified atom stereocenters. The molecule has 1 aromatic heterocycles. The molecule has 0 aliphatic heterocycles. The van der Waals surface area contributed by atoms with Gasteiger partial charge < -0.3 is 10.1 Å². The summed E-state index contributed by atoms with van der Waals surface area (Å²) in [6, 6.07) is 17.8. The monoisotopic (exact) mass is 374 g/mol. The first kappa shape index (κ1) is 19.6. The molecule has 0 saturated carbocycles. The average molecular weight is 374 g/mol. The predicted molar refractivity (Wildman–Crippen MR) is 113 cm³/mol. The van der Waals surface area contributed by atoms with Crippen LogP contribution in [0, 0.1) is 20.8 Å². The van der Waals surface area contributed by atoms with Crippen LogP contribution in [0.3, 0.4) is 0 Å². The fourth-order valence-corrected chi connectivity index (χ4v) is 3.30. The van der Waals surface area contributed by atoms with Gasteiger partial charge in [-0.3, -0.25) is 9.78 Å². The van der Waals surface area contributed by atoms with Crippen molar-refractivity contribution in [2.75, 3.05) is 5.32 Å². The minimum absolute atomic E-state index is 0.197. The van der Waals surface area contributed by atoms with Crippen molar-refractivity contribution in [3.8, 4) is 5.75 Å². The van der Waals surface area contributed by atoms with Crippen LogP contribution in [0.4, 0.5) is 5.69 Å². The van der Waals surface area contributed by atoms with E-state index in [-0.39, 0.29) is 5.91 Å². The molecule has 1 heterocycles. The van der Waals surface area contributed by atoms with E-state index in [2.05, 4.69) is 17.2 Å². The van der Waals surface area contributed by atoms with Crippen molar-refractivity contribution in [2.45, 2.75) is 40.7 Å². The first-order valence-electron chi connectivity index (χ1n) is 9.54. The second-order valence-electron chi connectivity index (χ2n) is 6.91. The van der Waals surface area contributed by atoms with Crippen molar-refractivity contribution in [1.29, 1.82) is 0 Å². The van der Waals surface area contributed by atoms with E-state index in [0.717, 1.165) is 34.5 Å². The summed E-state index contributed by atoms with van der Waals surface area (Å²) in [6.45, 7) is 8.23. The van der Waals surface area contributed by atoms with E-state index in [0.29, 0.717) is 23.6 Å². The molecule has 0 atom stereocenters. The second-order valence-corrected chi connectivity index (χ2v) is 6.91. The maximum Gasteiger partial charge on any atom is 0.261 e. The summed E-state index contributed by atoms with van der Waals surface area (Å²) in [4.78, 5) is 17.6. The summed E-state index contributed by atoms with van der Waals surface area (Å²) < 4.78 is 6.03. The average Bonchev–Trinajstić information content (AvgIpc) is 2.68. The first-order valence-corrected chi connectivity index (χ1v) is 9.54. The molecular weight excluding hydrogens is 348 g/mol. The Morgan fingerprint density at radius 2 is 1.79 bits per heavy atom. The fraction of sp³-hybridized carbons (Fsp3) is 0.250. The Kier molecular flexibility index (Phi) is 6.09. The third-order valence-corrected chi connectivity index (χ3v) is 4.73. The largest absolute Gasteiger partial charge is 0.488 e. The van der Waals surface area contributed by atoms with Crippen molar-refractivity contribution in [3.63, 3.8) is 0 Å². The van der Waals surface area contributed by atoms with Gasteiger partial charge in [-0.25, -0.2) is 0 Å². The molecule has 0 spiro atoms. The van der Waals surface area contributed by atoms with Gasteiger partial charge in [0.05, 0.1) is 5.69 Å². The number of amides is 1. The highest BCUT2D eigenvalue weighted by Crippen LogP contribution is 2.27. The van der Waals surface area contributed by atoms with Crippen molar-refractivity contribution in [3.05, 3.63) is 88.2 Å². The van der Waals surface area contributed by atoms with E-state index in [1.807, 2.05) is 75.4 Å². The number of aromatic nitrogens is 1. The summed E-state index contributed by atoms with van der Waals surface area (Å²) in [5.74, 6) is 0.357. The van der Waals surface area contributed by atoms with Crippen molar-refractivity contribution >= 4 is 11.6 Å². The molecule has 0 saturated heterocycles. The number of nitrogens with zero attached hydrogens (tertiary/aromatic N) is 1. The van der Waals surface area contributed by atoms with Gasteiger partial charge in [0.15, 0.2) is 0 Å². The van der Waals surface area contributed by atoms with E-state index in [1.54, 1.807) is 0 Å². The topological polar surface area (TPSA) is 51.2 Å². The summed E-state index contributed by atoms with van der Waals surface area (Å²) in [5, 5.41) is 3.09. The number of benzene rings is 2. The molecule has 4 nitrogen and oxygen atoms in total. The summed E-state index contributed by atoms with van der Waals surface area (Å²) >= 11 is 0. The van der Waals surface area contributed by atoms with Gasteiger partial charge in [0.2, 0.25) is 0 Å². The number of carbonyl (C=O) groups is 1. The normalized spacial score (nSPS) is 10.6. The maximum atomic E-state index is 13.2. The summed E-state index contributed by atoms with van der Waals surface area (Å²) in [5.41, 5.74) is 6.02. The number of para-hydroxylation sites is 1. The third-order valence-electron chi connectivity index (χ3n) is 4.73. The number of hydrogen-bond acceptors (Lipinski definition) is 3. The molecule has 0 fully saturated rings. The van der Waals surface area contributed by atoms with Gasteiger partial charge in [0.1, 0.15) is 17.9 Å². The van der Waals surface area contributed by atoms with Gasteiger partial charge in [0, 0.05) is 17.4 Å². The van der Waals surface area contributed by atoms with Gasteiger partial charge in [0.25, 0.3) is 5.91 Å². The van der Waals surface area contributed by atoms with Crippen LogP contribution in [-0.2, 0) is 13.0 Å². The van der Waals surface area contributed by atoms with Gasteiger partial charge in [-0.05, 0) is 43.9 Å². The lowest BCUT2D eigenvalue weighted by atomic mass is 10.0. The number of anilines is 1. The Hall–Kier alpha value is -3.14. The molecule has 3 rings (SSSR count). The van der Waals surface area contributed by atoms with Gasteiger partial charge >= 0.3 is 0 Å². The highest BCUT2D eigenvalue weighted by atomic mass is 16.5. The van der Waals surface area contributed by atoms with E-state index >= 15 is 0 Å². The van der Waals surface area contributed by atoms with Gasteiger partial charge in [-0.15, -0.1) is 0 Å².